The van der Waals surface area contributed by atoms with Crippen LogP contribution in [0.5, 0.6) is 0 Å². The normalized spacial score (nSPS) is 15.6. The van der Waals surface area contributed by atoms with E-state index in [-0.39, 0.29) is 0 Å². The van der Waals surface area contributed by atoms with Gasteiger partial charge < -0.3 is 0 Å². The van der Waals surface area contributed by atoms with E-state index in [1.165, 1.54) is 89.9 Å². The van der Waals surface area contributed by atoms with Crippen LogP contribution in [0.4, 0.5) is 0 Å². The van der Waals surface area contributed by atoms with Crippen molar-refractivity contribution >= 4 is 0 Å². The second-order valence-electron chi connectivity index (χ2n) is 9.08. The van der Waals surface area contributed by atoms with Crippen molar-refractivity contribution in [1.29, 1.82) is 0 Å². The van der Waals surface area contributed by atoms with E-state index in [0.29, 0.717) is 0 Å². The Bertz CT molecular complexity index is 242. The third-order valence-electron chi connectivity index (χ3n) is 6.44. The highest BCUT2D eigenvalue weighted by molar-refractivity contribution is 4.63. The monoisotopic (exact) mass is 338 g/mol. The molecule has 0 aliphatic rings. The summed E-state index contributed by atoms with van der Waals surface area (Å²) in [5.74, 6) is 3.65. The number of hydrogen-bond acceptors (Lipinski definition) is 0. The lowest BCUT2D eigenvalue weighted by atomic mass is 9.87. The van der Waals surface area contributed by atoms with Crippen LogP contribution >= 0.6 is 0 Å². The van der Waals surface area contributed by atoms with E-state index in [0.717, 1.165) is 23.7 Å². The van der Waals surface area contributed by atoms with Crippen LogP contribution < -0.4 is 0 Å². The first-order chi connectivity index (χ1) is 11.5. The molecular weight excluding hydrogens is 288 g/mol. The molecule has 0 spiro atoms. The predicted molar refractivity (Wildman–Crippen MR) is 113 cm³/mol. The molecule has 0 bridgehead atoms. The van der Waals surface area contributed by atoms with Gasteiger partial charge in [0.2, 0.25) is 0 Å². The lowest BCUT2D eigenvalue weighted by molar-refractivity contribution is 0.323. The van der Waals surface area contributed by atoms with Crippen LogP contribution in [0, 0.1) is 23.7 Å². The van der Waals surface area contributed by atoms with Crippen LogP contribution in [0.1, 0.15) is 131 Å². The fourth-order valence-electron chi connectivity index (χ4n) is 3.61. The molecule has 0 aromatic carbocycles. The highest BCUT2D eigenvalue weighted by Gasteiger charge is 2.11. The van der Waals surface area contributed by atoms with Gasteiger partial charge in [0, 0.05) is 0 Å². The fraction of sp³-hybridized carbons (Fsp3) is 1.00. The van der Waals surface area contributed by atoms with Crippen LogP contribution in [0.15, 0.2) is 0 Å². The molecule has 0 N–H and O–H groups in total. The van der Waals surface area contributed by atoms with E-state index >= 15 is 0 Å². The molecule has 0 heteroatoms. The van der Waals surface area contributed by atoms with Gasteiger partial charge >= 0.3 is 0 Å². The molecule has 3 atom stereocenters. The van der Waals surface area contributed by atoms with Crippen LogP contribution in [0.3, 0.4) is 0 Å². The molecule has 146 valence electrons. The fourth-order valence-corrected chi connectivity index (χ4v) is 3.61. The first-order valence-electron chi connectivity index (χ1n) is 11.5. The Morgan fingerprint density at radius 1 is 0.417 bits per heavy atom. The molecule has 0 saturated carbocycles. The summed E-state index contributed by atoms with van der Waals surface area (Å²) in [5.41, 5.74) is 0. The lowest BCUT2D eigenvalue weighted by Gasteiger charge is -2.19. The number of rotatable bonds is 17. The third-order valence-corrected chi connectivity index (χ3v) is 6.44. The Morgan fingerprint density at radius 2 is 0.750 bits per heavy atom. The summed E-state index contributed by atoms with van der Waals surface area (Å²) in [5, 5.41) is 0. The van der Waals surface area contributed by atoms with Crippen molar-refractivity contribution in [1.82, 2.24) is 0 Å². The summed E-state index contributed by atoms with van der Waals surface area (Å²) in [6, 6.07) is 0. The molecule has 0 rings (SSSR count). The van der Waals surface area contributed by atoms with E-state index < -0.39 is 0 Å². The van der Waals surface area contributed by atoms with Crippen LogP contribution in [-0.2, 0) is 0 Å². The largest absolute Gasteiger partial charge is 0.0654 e. The number of hydrogen-bond donors (Lipinski definition) is 0. The first kappa shape index (κ1) is 24.0. The van der Waals surface area contributed by atoms with Crippen molar-refractivity contribution in [2.75, 3.05) is 0 Å². The minimum absolute atomic E-state index is 0.863. The smallest absolute Gasteiger partial charge is 0.0417 e. The molecule has 0 fully saturated rings. The zero-order chi connectivity index (χ0) is 18.2. The Balaban J connectivity index is 3.32. The van der Waals surface area contributed by atoms with Gasteiger partial charge in [0.15, 0.2) is 0 Å². The van der Waals surface area contributed by atoms with Gasteiger partial charge in [-0.05, 0) is 23.7 Å². The standard InChI is InChI=1S/C24H50/c1-7-8-15-19-23(5)24(6)20-17-14-12-10-9-11-13-16-18-22(4)21(2)3/h21-24H,7-20H2,1-6H3. The molecule has 0 saturated heterocycles. The van der Waals surface area contributed by atoms with Gasteiger partial charge in [0.1, 0.15) is 0 Å². The summed E-state index contributed by atoms with van der Waals surface area (Å²) >= 11 is 0. The maximum absolute atomic E-state index is 2.48. The Hall–Kier alpha value is 0. The van der Waals surface area contributed by atoms with E-state index in [1.54, 1.807) is 0 Å². The van der Waals surface area contributed by atoms with Crippen LogP contribution in [0.2, 0.25) is 0 Å². The molecule has 0 amide bonds. The van der Waals surface area contributed by atoms with Gasteiger partial charge in [-0.3, -0.25) is 0 Å². The van der Waals surface area contributed by atoms with Crippen LogP contribution in [0.25, 0.3) is 0 Å². The molecule has 24 heavy (non-hydrogen) atoms. The SMILES string of the molecule is CCCCCC(C)C(C)CCCCCCCCCCC(C)C(C)C. The summed E-state index contributed by atoms with van der Waals surface area (Å²) < 4.78 is 0. The predicted octanol–water partition coefficient (Wildman–Crippen LogP) is 9.03. The highest BCUT2D eigenvalue weighted by atomic mass is 14.2. The van der Waals surface area contributed by atoms with Crippen molar-refractivity contribution in [2.24, 2.45) is 23.7 Å². The van der Waals surface area contributed by atoms with E-state index in [2.05, 4.69) is 41.5 Å². The summed E-state index contributed by atoms with van der Waals surface area (Å²) in [4.78, 5) is 0. The Kier molecular flexibility index (Phi) is 16.5. The van der Waals surface area contributed by atoms with E-state index in [4.69, 9.17) is 0 Å². The van der Waals surface area contributed by atoms with Crippen molar-refractivity contribution in [3.05, 3.63) is 0 Å². The van der Waals surface area contributed by atoms with E-state index in [9.17, 15) is 0 Å². The van der Waals surface area contributed by atoms with Crippen molar-refractivity contribution in [3.8, 4) is 0 Å². The quantitative estimate of drug-likeness (QED) is 0.232. The molecule has 0 aliphatic carbocycles. The highest BCUT2D eigenvalue weighted by Crippen LogP contribution is 2.24. The zero-order valence-electron chi connectivity index (χ0n) is 18.2. The van der Waals surface area contributed by atoms with Crippen molar-refractivity contribution < 1.29 is 0 Å². The summed E-state index contributed by atoms with van der Waals surface area (Å²) in [7, 11) is 0. The molecule has 0 aromatic heterocycles. The van der Waals surface area contributed by atoms with Crippen molar-refractivity contribution in [3.63, 3.8) is 0 Å². The molecule has 0 radical (unpaired) electrons. The maximum atomic E-state index is 2.48. The topological polar surface area (TPSA) is 0 Å². The van der Waals surface area contributed by atoms with Gasteiger partial charge in [-0.25, -0.2) is 0 Å². The van der Waals surface area contributed by atoms with E-state index in [1.807, 2.05) is 0 Å². The van der Waals surface area contributed by atoms with Crippen molar-refractivity contribution in [2.45, 2.75) is 131 Å². The maximum Gasteiger partial charge on any atom is -0.0417 e. The van der Waals surface area contributed by atoms with Gasteiger partial charge in [-0.2, -0.15) is 0 Å². The summed E-state index contributed by atoms with van der Waals surface area (Å²) in [6.07, 6.45) is 20.3. The minimum atomic E-state index is 0.863. The minimum Gasteiger partial charge on any atom is -0.0654 e. The van der Waals surface area contributed by atoms with Gasteiger partial charge in [-0.15, -0.1) is 0 Å². The second kappa shape index (κ2) is 16.5. The molecular formula is C24H50. The molecule has 0 aromatic rings. The Morgan fingerprint density at radius 3 is 1.12 bits per heavy atom. The molecule has 0 heterocycles. The average molecular weight is 339 g/mol. The zero-order valence-corrected chi connectivity index (χ0v) is 18.2. The summed E-state index contributed by atoms with van der Waals surface area (Å²) in [6.45, 7) is 14.4. The number of unbranched alkanes of at least 4 members (excludes halogenated alkanes) is 9. The van der Waals surface area contributed by atoms with Gasteiger partial charge in [-0.1, -0.05) is 131 Å². The molecule has 0 nitrogen and oxygen atoms in total. The van der Waals surface area contributed by atoms with Gasteiger partial charge in [0.25, 0.3) is 0 Å². The molecule has 3 unspecified atom stereocenters. The molecule has 0 aliphatic heterocycles. The average Bonchev–Trinajstić information content (AvgIpc) is 2.55. The van der Waals surface area contributed by atoms with Gasteiger partial charge in [0.05, 0.1) is 0 Å². The second-order valence-corrected chi connectivity index (χ2v) is 9.08. The lowest BCUT2D eigenvalue weighted by Crippen LogP contribution is -2.08. The Labute approximate surface area is 155 Å². The first-order valence-corrected chi connectivity index (χ1v) is 11.5. The third kappa shape index (κ3) is 14.4. The van der Waals surface area contributed by atoms with Crippen LogP contribution in [-0.4, -0.2) is 0 Å².